The van der Waals surface area contributed by atoms with Crippen LogP contribution in [0.1, 0.15) is 51.4 Å². The van der Waals surface area contributed by atoms with Crippen LogP contribution in [0.25, 0.3) is 10.2 Å². The van der Waals surface area contributed by atoms with E-state index >= 15 is 0 Å². The number of nitrogens with one attached hydrogen (secondary N) is 1. The highest BCUT2D eigenvalue weighted by atomic mass is 32.1. The van der Waals surface area contributed by atoms with Crippen LogP contribution in [0.4, 0.5) is 5.13 Å². The maximum atomic E-state index is 12.1. The molecular weight excluding hydrogens is 392 g/mol. The van der Waals surface area contributed by atoms with Gasteiger partial charge in [0, 0.05) is 30.6 Å². The van der Waals surface area contributed by atoms with Gasteiger partial charge in [-0.05, 0) is 50.1 Å². The number of hydrogen-bond acceptors (Lipinski definition) is 6. The molecule has 28 heavy (non-hydrogen) atoms. The van der Waals surface area contributed by atoms with Gasteiger partial charge in [0.05, 0.1) is 15.1 Å². The zero-order valence-electron chi connectivity index (χ0n) is 16.1. The molecule has 0 radical (unpaired) electrons. The maximum Gasteiger partial charge on any atom is 0.226 e. The number of fused-ring (bicyclic) bond motifs is 1. The third kappa shape index (κ3) is 5.11. The second-order valence-electron chi connectivity index (χ2n) is 6.87. The quantitative estimate of drug-likeness (QED) is 0.512. The molecular formula is C21H22N2O3S2. The van der Waals surface area contributed by atoms with E-state index in [1.54, 1.807) is 6.07 Å². The molecule has 2 aromatic heterocycles. The molecule has 0 aliphatic rings. The van der Waals surface area contributed by atoms with Crippen molar-refractivity contribution in [3.63, 3.8) is 0 Å². The SMILES string of the molecule is Cc1cc(C)c2nc(NC(=O)CCC(=O)CCC(=O)c3ccc(C)s3)sc2c1. The number of carbonyl (C=O) groups excluding carboxylic acids is 3. The Morgan fingerprint density at radius 2 is 1.71 bits per heavy atom. The number of hydrogen-bond donors (Lipinski definition) is 1. The molecule has 3 aromatic rings. The molecule has 0 atom stereocenters. The summed E-state index contributed by atoms with van der Waals surface area (Å²) in [6.45, 7) is 5.97. The van der Waals surface area contributed by atoms with E-state index in [9.17, 15) is 14.4 Å². The van der Waals surface area contributed by atoms with Crippen LogP contribution in [-0.2, 0) is 9.59 Å². The summed E-state index contributed by atoms with van der Waals surface area (Å²) in [7, 11) is 0. The number of anilines is 1. The van der Waals surface area contributed by atoms with Gasteiger partial charge in [-0.2, -0.15) is 0 Å². The minimum Gasteiger partial charge on any atom is -0.302 e. The van der Waals surface area contributed by atoms with Gasteiger partial charge in [0.15, 0.2) is 10.9 Å². The first-order valence-electron chi connectivity index (χ1n) is 9.11. The van der Waals surface area contributed by atoms with Crippen molar-refractivity contribution in [1.29, 1.82) is 0 Å². The fourth-order valence-electron chi connectivity index (χ4n) is 2.94. The molecule has 2 heterocycles. The summed E-state index contributed by atoms with van der Waals surface area (Å²) in [4.78, 5) is 42.5. The van der Waals surface area contributed by atoms with Gasteiger partial charge in [-0.25, -0.2) is 4.98 Å². The number of rotatable bonds is 8. The Hall–Kier alpha value is -2.38. The van der Waals surface area contributed by atoms with E-state index in [0.29, 0.717) is 10.0 Å². The fourth-order valence-corrected chi connectivity index (χ4v) is 4.84. The van der Waals surface area contributed by atoms with Crippen molar-refractivity contribution in [1.82, 2.24) is 4.98 Å². The van der Waals surface area contributed by atoms with Gasteiger partial charge >= 0.3 is 0 Å². The maximum absolute atomic E-state index is 12.1. The highest BCUT2D eigenvalue weighted by Crippen LogP contribution is 2.29. The lowest BCUT2D eigenvalue weighted by molar-refractivity contribution is -0.122. The molecule has 1 amide bonds. The van der Waals surface area contributed by atoms with Crippen molar-refractivity contribution < 1.29 is 14.4 Å². The Bertz CT molecular complexity index is 1050. The summed E-state index contributed by atoms with van der Waals surface area (Å²) in [5.41, 5.74) is 3.13. The van der Waals surface area contributed by atoms with E-state index in [1.807, 2.05) is 32.9 Å². The van der Waals surface area contributed by atoms with Crippen molar-refractivity contribution in [2.24, 2.45) is 0 Å². The highest BCUT2D eigenvalue weighted by molar-refractivity contribution is 7.22. The summed E-state index contributed by atoms with van der Waals surface area (Å²) in [5.74, 6) is -0.328. The van der Waals surface area contributed by atoms with Crippen LogP contribution >= 0.6 is 22.7 Å². The van der Waals surface area contributed by atoms with Crippen LogP contribution in [0.2, 0.25) is 0 Å². The minimum absolute atomic E-state index is 0.0176. The third-order valence-corrected chi connectivity index (χ3v) is 6.31. The second kappa shape index (κ2) is 8.75. The van der Waals surface area contributed by atoms with Crippen molar-refractivity contribution >= 4 is 55.5 Å². The zero-order chi connectivity index (χ0) is 20.3. The lowest BCUT2D eigenvalue weighted by Gasteiger charge is -2.02. The summed E-state index contributed by atoms with van der Waals surface area (Å²) in [5, 5.41) is 3.32. The number of amides is 1. The first-order valence-corrected chi connectivity index (χ1v) is 10.7. The standard InChI is InChI=1S/C21H22N2O3S2/c1-12-10-13(2)20-18(11-12)28-21(23-20)22-19(26)9-6-15(24)5-7-16(25)17-8-4-14(3)27-17/h4,8,10-11H,5-7,9H2,1-3H3,(H,22,23,26). The van der Waals surface area contributed by atoms with Gasteiger partial charge in [-0.3, -0.25) is 14.4 Å². The van der Waals surface area contributed by atoms with Crippen LogP contribution in [0.3, 0.4) is 0 Å². The average Bonchev–Trinajstić information content (AvgIpc) is 3.24. The number of thiazole rings is 1. The van der Waals surface area contributed by atoms with Crippen LogP contribution < -0.4 is 5.32 Å². The van der Waals surface area contributed by atoms with Crippen LogP contribution in [0, 0.1) is 20.8 Å². The van der Waals surface area contributed by atoms with Gasteiger partial charge in [-0.15, -0.1) is 11.3 Å². The number of benzene rings is 1. The average molecular weight is 415 g/mol. The fraction of sp³-hybridized carbons (Fsp3) is 0.333. The van der Waals surface area contributed by atoms with E-state index in [4.69, 9.17) is 0 Å². The van der Waals surface area contributed by atoms with Crippen molar-refractivity contribution in [3.05, 3.63) is 45.1 Å². The zero-order valence-corrected chi connectivity index (χ0v) is 17.8. The molecule has 7 heteroatoms. The number of thiophene rings is 1. The van der Waals surface area contributed by atoms with Crippen molar-refractivity contribution in [2.45, 2.75) is 46.5 Å². The first kappa shape index (κ1) is 20.4. The van der Waals surface area contributed by atoms with E-state index in [0.717, 1.165) is 26.2 Å². The Morgan fingerprint density at radius 1 is 0.964 bits per heavy atom. The molecule has 0 saturated carbocycles. The Balaban J connectivity index is 1.47. The lowest BCUT2D eigenvalue weighted by atomic mass is 10.1. The summed E-state index contributed by atoms with van der Waals surface area (Å²) in [6, 6.07) is 7.80. The molecule has 1 N–H and O–H groups in total. The molecule has 0 aliphatic heterocycles. The topological polar surface area (TPSA) is 76.1 Å². The number of aromatic nitrogens is 1. The first-order chi connectivity index (χ1) is 13.3. The smallest absolute Gasteiger partial charge is 0.226 e. The van der Waals surface area contributed by atoms with Gasteiger partial charge in [-0.1, -0.05) is 17.4 Å². The molecule has 0 bridgehead atoms. The minimum atomic E-state index is -0.234. The van der Waals surface area contributed by atoms with E-state index in [1.165, 1.54) is 22.7 Å². The number of aryl methyl sites for hydroxylation is 3. The van der Waals surface area contributed by atoms with Crippen molar-refractivity contribution in [2.75, 3.05) is 5.32 Å². The molecule has 0 fully saturated rings. The Morgan fingerprint density at radius 3 is 2.43 bits per heavy atom. The molecule has 0 saturated heterocycles. The van der Waals surface area contributed by atoms with Crippen molar-refractivity contribution in [3.8, 4) is 0 Å². The summed E-state index contributed by atoms with van der Waals surface area (Å²) in [6.07, 6.45) is 0.588. The summed E-state index contributed by atoms with van der Waals surface area (Å²) < 4.78 is 1.03. The number of carbonyl (C=O) groups is 3. The predicted octanol–water partition coefficient (Wildman–Crippen LogP) is 5.23. The Kier molecular flexibility index (Phi) is 6.36. The van der Waals surface area contributed by atoms with Crippen LogP contribution in [-0.4, -0.2) is 22.5 Å². The Labute approximate surface area is 171 Å². The normalized spacial score (nSPS) is 11.0. The largest absolute Gasteiger partial charge is 0.302 e. The predicted molar refractivity (Wildman–Crippen MR) is 115 cm³/mol. The lowest BCUT2D eigenvalue weighted by Crippen LogP contribution is -2.13. The van der Waals surface area contributed by atoms with Gasteiger partial charge in [0.25, 0.3) is 0 Å². The van der Waals surface area contributed by atoms with E-state index in [-0.39, 0.29) is 43.2 Å². The number of Topliss-reactive ketones (excluding diaryl/α,β-unsaturated/α-hetero) is 2. The van der Waals surface area contributed by atoms with Gasteiger partial charge in [0.1, 0.15) is 5.78 Å². The molecule has 0 aliphatic carbocycles. The monoisotopic (exact) mass is 414 g/mol. The van der Waals surface area contributed by atoms with Crippen LogP contribution in [0.15, 0.2) is 24.3 Å². The summed E-state index contributed by atoms with van der Waals surface area (Å²) >= 11 is 2.87. The molecule has 0 unspecified atom stereocenters. The van der Waals surface area contributed by atoms with Crippen LogP contribution in [0.5, 0.6) is 0 Å². The highest BCUT2D eigenvalue weighted by Gasteiger charge is 2.14. The van der Waals surface area contributed by atoms with Gasteiger partial charge in [0.2, 0.25) is 5.91 Å². The molecule has 5 nitrogen and oxygen atoms in total. The second-order valence-corrected chi connectivity index (χ2v) is 9.19. The molecule has 0 spiro atoms. The third-order valence-electron chi connectivity index (χ3n) is 4.35. The number of nitrogens with zero attached hydrogens (tertiary/aromatic N) is 1. The molecule has 3 rings (SSSR count). The molecule has 146 valence electrons. The van der Waals surface area contributed by atoms with Gasteiger partial charge < -0.3 is 5.32 Å². The van der Waals surface area contributed by atoms with E-state index in [2.05, 4.69) is 16.4 Å². The number of ketones is 2. The van der Waals surface area contributed by atoms with E-state index < -0.39 is 0 Å². The molecule has 1 aromatic carbocycles.